The zero-order valence-electron chi connectivity index (χ0n) is 20.3. The monoisotopic (exact) mass is 506 g/mol. The molecule has 1 aromatic carbocycles. The third kappa shape index (κ3) is 4.35. The first-order chi connectivity index (χ1) is 17.9. The minimum Gasteiger partial charge on any atom is -0.391 e. The molecule has 10 heteroatoms. The van der Waals surface area contributed by atoms with E-state index in [2.05, 4.69) is 20.4 Å². The molecular formula is C27H28F2N6O2. The molecule has 0 radical (unpaired) electrons. The summed E-state index contributed by atoms with van der Waals surface area (Å²) in [6.07, 6.45) is 5.99. The number of nitrogens with zero attached hydrogens (tertiary/aromatic N) is 4. The number of hydrogen-bond acceptors (Lipinski definition) is 7. The van der Waals surface area contributed by atoms with Crippen molar-refractivity contribution < 1.29 is 18.6 Å². The Labute approximate surface area is 212 Å². The van der Waals surface area contributed by atoms with E-state index in [1.165, 1.54) is 16.6 Å². The number of aromatic nitrogens is 4. The van der Waals surface area contributed by atoms with Crippen LogP contribution in [0, 0.1) is 17.6 Å². The van der Waals surface area contributed by atoms with E-state index in [4.69, 9.17) is 10.5 Å². The van der Waals surface area contributed by atoms with E-state index < -0.39 is 17.7 Å². The zero-order chi connectivity index (χ0) is 25.7. The van der Waals surface area contributed by atoms with Crippen molar-refractivity contribution >= 4 is 17.2 Å². The smallest absolute Gasteiger partial charge is 0.229 e. The maximum atomic E-state index is 15.0. The highest BCUT2D eigenvalue weighted by Gasteiger charge is 2.34. The van der Waals surface area contributed by atoms with Crippen LogP contribution in [0.25, 0.3) is 16.8 Å². The Kier molecular flexibility index (Phi) is 6.10. The van der Waals surface area contributed by atoms with Gasteiger partial charge in [0.1, 0.15) is 11.6 Å². The summed E-state index contributed by atoms with van der Waals surface area (Å²) >= 11 is 0. The molecule has 4 heterocycles. The summed E-state index contributed by atoms with van der Waals surface area (Å²) in [7, 11) is 0. The fourth-order valence-electron chi connectivity index (χ4n) is 5.42. The second-order valence-corrected chi connectivity index (χ2v) is 10.1. The van der Waals surface area contributed by atoms with Crippen molar-refractivity contribution in [1.29, 1.82) is 0 Å². The summed E-state index contributed by atoms with van der Waals surface area (Å²) in [4.78, 5) is 8.72. The van der Waals surface area contributed by atoms with Gasteiger partial charge >= 0.3 is 0 Å². The van der Waals surface area contributed by atoms with Gasteiger partial charge in [0.15, 0.2) is 0 Å². The van der Waals surface area contributed by atoms with Crippen LogP contribution in [0.5, 0.6) is 0 Å². The topological polar surface area (TPSA) is 111 Å². The van der Waals surface area contributed by atoms with E-state index in [1.807, 2.05) is 13.0 Å². The normalized spacial score (nSPS) is 24.2. The molecule has 192 valence electrons. The first-order valence-electron chi connectivity index (χ1n) is 12.5. The molecule has 6 rings (SSSR count). The highest BCUT2D eigenvalue weighted by Crippen LogP contribution is 2.39. The number of rotatable bonds is 5. The van der Waals surface area contributed by atoms with Crippen molar-refractivity contribution in [3.05, 3.63) is 71.7 Å². The Morgan fingerprint density at radius 1 is 1.08 bits per heavy atom. The Morgan fingerprint density at radius 2 is 1.86 bits per heavy atom. The molecule has 37 heavy (non-hydrogen) atoms. The largest absolute Gasteiger partial charge is 0.391 e. The summed E-state index contributed by atoms with van der Waals surface area (Å²) in [5.41, 5.74) is 9.20. The SMILES string of the molecule is C[C@H]1C[C@@H](c2ccncc2Nc2ncc3ccc(-c4c(F)cc(C5COC5)cc4F)nn23)C[C@@H](N)[C@H]1O. The number of pyridine rings is 1. The molecule has 1 saturated carbocycles. The molecule has 4 atom stereocenters. The van der Waals surface area contributed by atoms with Gasteiger partial charge in [0, 0.05) is 18.2 Å². The van der Waals surface area contributed by atoms with Crippen LogP contribution in [0.2, 0.25) is 0 Å². The van der Waals surface area contributed by atoms with Crippen molar-refractivity contribution in [2.45, 2.75) is 43.7 Å². The van der Waals surface area contributed by atoms with E-state index in [0.29, 0.717) is 36.7 Å². The Morgan fingerprint density at radius 3 is 2.57 bits per heavy atom. The molecule has 4 aromatic rings. The van der Waals surface area contributed by atoms with Gasteiger partial charge in [0.05, 0.1) is 54.2 Å². The van der Waals surface area contributed by atoms with E-state index in [0.717, 1.165) is 17.7 Å². The number of nitrogens with two attached hydrogens (primary N) is 1. The zero-order valence-corrected chi connectivity index (χ0v) is 20.3. The van der Waals surface area contributed by atoms with Crippen molar-refractivity contribution in [1.82, 2.24) is 19.6 Å². The van der Waals surface area contributed by atoms with Crippen molar-refractivity contribution in [2.75, 3.05) is 18.5 Å². The number of ether oxygens (including phenoxy) is 1. The average Bonchev–Trinajstić information content (AvgIpc) is 3.23. The quantitative estimate of drug-likeness (QED) is 0.373. The molecule has 3 aromatic heterocycles. The Balaban J connectivity index is 1.33. The number of hydrogen-bond donors (Lipinski definition) is 3. The number of aliphatic hydroxyl groups excluding tert-OH is 1. The molecule has 1 saturated heterocycles. The molecule has 1 aliphatic heterocycles. The molecule has 0 spiro atoms. The second-order valence-electron chi connectivity index (χ2n) is 10.1. The first kappa shape index (κ1) is 23.9. The molecule has 0 amide bonds. The first-order valence-corrected chi connectivity index (χ1v) is 12.5. The maximum absolute atomic E-state index is 15.0. The number of benzene rings is 1. The predicted molar refractivity (Wildman–Crippen MR) is 135 cm³/mol. The molecule has 2 aliphatic rings. The van der Waals surface area contributed by atoms with Crippen LogP contribution < -0.4 is 11.1 Å². The van der Waals surface area contributed by atoms with Crippen LogP contribution in [0.3, 0.4) is 0 Å². The standard InChI is InChI=1S/C27H28F2N6O2/c1-14-6-16(9-22(30)26(14)36)19-4-5-31-11-24(19)33-27-32-10-18-2-3-23(34-35(18)27)25-20(28)7-15(8-21(25)29)17-12-37-13-17/h2-5,7-8,10-11,14,16-17,22,26,36H,6,9,12-13,30H2,1H3,(H,32,33)/t14-,16+,22+,26-/m0/s1. The van der Waals surface area contributed by atoms with E-state index >= 15 is 8.78 Å². The van der Waals surface area contributed by atoms with E-state index in [9.17, 15) is 5.11 Å². The molecule has 4 N–H and O–H groups in total. The molecule has 0 bridgehead atoms. The molecule has 1 aliphatic carbocycles. The number of imidazole rings is 1. The lowest BCUT2D eigenvalue weighted by atomic mass is 9.74. The summed E-state index contributed by atoms with van der Waals surface area (Å²) in [5.74, 6) is -0.721. The van der Waals surface area contributed by atoms with Crippen LogP contribution in [-0.4, -0.2) is 50.0 Å². The van der Waals surface area contributed by atoms with Crippen LogP contribution in [0.15, 0.2) is 48.9 Å². The predicted octanol–water partition coefficient (Wildman–Crippen LogP) is 4.13. The average molecular weight is 507 g/mol. The van der Waals surface area contributed by atoms with Gasteiger partial charge < -0.3 is 20.9 Å². The van der Waals surface area contributed by atoms with Gasteiger partial charge in [-0.2, -0.15) is 9.61 Å². The van der Waals surface area contributed by atoms with Crippen molar-refractivity contribution in [3.63, 3.8) is 0 Å². The third-order valence-electron chi connectivity index (χ3n) is 7.59. The fraction of sp³-hybridized carbons (Fsp3) is 0.370. The summed E-state index contributed by atoms with van der Waals surface area (Å²) in [5, 5.41) is 18.1. The van der Waals surface area contributed by atoms with Gasteiger partial charge in [-0.25, -0.2) is 13.8 Å². The highest BCUT2D eigenvalue weighted by atomic mass is 19.1. The second kappa shape index (κ2) is 9.44. The number of aliphatic hydroxyl groups is 1. The van der Waals surface area contributed by atoms with Crippen molar-refractivity contribution in [2.24, 2.45) is 11.7 Å². The van der Waals surface area contributed by atoms with Gasteiger partial charge in [0.2, 0.25) is 5.95 Å². The summed E-state index contributed by atoms with van der Waals surface area (Å²) in [6.45, 7) is 2.94. The number of nitrogens with one attached hydrogen (secondary N) is 1. The lowest BCUT2D eigenvalue weighted by Crippen LogP contribution is -2.44. The van der Waals surface area contributed by atoms with Crippen molar-refractivity contribution in [3.8, 4) is 11.3 Å². The minimum absolute atomic E-state index is 0.0107. The van der Waals surface area contributed by atoms with Gasteiger partial charge in [0.25, 0.3) is 0 Å². The molecule has 2 fully saturated rings. The molecule has 0 unspecified atom stereocenters. The van der Waals surface area contributed by atoms with Crippen LogP contribution in [0.4, 0.5) is 20.4 Å². The van der Waals surface area contributed by atoms with Gasteiger partial charge in [-0.3, -0.25) is 4.98 Å². The summed E-state index contributed by atoms with van der Waals surface area (Å²) in [6, 6.07) is 7.66. The Bertz CT molecular complexity index is 1420. The number of anilines is 2. The van der Waals surface area contributed by atoms with Crippen LogP contribution in [0.1, 0.15) is 42.7 Å². The van der Waals surface area contributed by atoms with Crippen LogP contribution >= 0.6 is 0 Å². The lowest BCUT2D eigenvalue weighted by molar-refractivity contribution is 0.00822. The van der Waals surface area contributed by atoms with Crippen LogP contribution in [-0.2, 0) is 4.74 Å². The molecular weight excluding hydrogens is 478 g/mol. The van der Waals surface area contributed by atoms with Gasteiger partial charge in [-0.1, -0.05) is 6.92 Å². The highest BCUT2D eigenvalue weighted by molar-refractivity contribution is 5.66. The third-order valence-corrected chi connectivity index (χ3v) is 7.59. The number of halogens is 2. The maximum Gasteiger partial charge on any atom is 0.229 e. The summed E-state index contributed by atoms with van der Waals surface area (Å²) < 4.78 is 36.8. The fourth-order valence-corrected chi connectivity index (χ4v) is 5.42. The lowest BCUT2D eigenvalue weighted by Gasteiger charge is -2.36. The Hall–Kier alpha value is -3.47. The number of fused-ring (bicyclic) bond motifs is 1. The molecule has 8 nitrogen and oxygen atoms in total. The minimum atomic E-state index is -0.664. The van der Waals surface area contributed by atoms with E-state index in [-0.39, 0.29) is 35.1 Å². The van der Waals surface area contributed by atoms with E-state index in [1.54, 1.807) is 30.7 Å². The van der Waals surface area contributed by atoms with Gasteiger partial charge in [-0.15, -0.1) is 0 Å². The van der Waals surface area contributed by atoms with Gasteiger partial charge in [-0.05, 0) is 66.1 Å².